The SMILES string of the molecule is Cc1[nH]c2cc(OCc3ccccc3)ccc2c1C1CN2CCC1CC2. The van der Waals surface area contributed by atoms with Gasteiger partial charge in [-0.2, -0.15) is 0 Å². The summed E-state index contributed by atoms with van der Waals surface area (Å²) in [6.07, 6.45) is 2.71. The van der Waals surface area contributed by atoms with Crippen molar-refractivity contribution in [2.75, 3.05) is 19.6 Å². The van der Waals surface area contributed by atoms with Crippen molar-refractivity contribution in [3.05, 3.63) is 65.4 Å². The van der Waals surface area contributed by atoms with Crippen molar-refractivity contribution in [3.63, 3.8) is 0 Å². The highest BCUT2D eigenvalue weighted by Crippen LogP contribution is 2.43. The number of aryl methyl sites for hydroxylation is 1. The third-order valence-corrected chi connectivity index (χ3v) is 6.28. The number of hydrogen-bond acceptors (Lipinski definition) is 2. The lowest BCUT2D eigenvalue weighted by Crippen LogP contribution is -2.46. The molecule has 3 saturated heterocycles. The molecular formula is C23H26N2O. The van der Waals surface area contributed by atoms with Crippen LogP contribution < -0.4 is 4.74 Å². The van der Waals surface area contributed by atoms with E-state index < -0.39 is 0 Å². The fourth-order valence-corrected chi connectivity index (χ4v) is 4.93. The van der Waals surface area contributed by atoms with Crippen LogP contribution in [0, 0.1) is 12.8 Å². The quantitative estimate of drug-likeness (QED) is 0.730. The molecule has 0 aliphatic carbocycles. The van der Waals surface area contributed by atoms with E-state index in [0.717, 1.165) is 11.7 Å². The second-order valence-corrected chi connectivity index (χ2v) is 7.89. The van der Waals surface area contributed by atoms with E-state index in [1.54, 1.807) is 5.56 Å². The molecule has 0 radical (unpaired) electrons. The third-order valence-electron chi connectivity index (χ3n) is 6.28. The molecule has 1 N–H and O–H groups in total. The number of fused-ring (bicyclic) bond motifs is 4. The van der Waals surface area contributed by atoms with Crippen LogP contribution >= 0.6 is 0 Å². The smallest absolute Gasteiger partial charge is 0.121 e. The van der Waals surface area contributed by atoms with E-state index in [4.69, 9.17) is 4.74 Å². The first-order valence-electron chi connectivity index (χ1n) is 9.79. The lowest BCUT2D eigenvalue weighted by atomic mass is 9.75. The number of aromatic nitrogens is 1. The van der Waals surface area contributed by atoms with E-state index in [2.05, 4.69) is 59.3 Å². The molecule has 2 aromatic carbocycles. The zero-order valence-electron chi connectivity index (χ0n) is 15.4. The van der Waals surface area contributed by atoms with Gasteiger partial charge >= 0.3 is 0 Å². The molecule has 26 heavy (non-hydrogen) atoms. The number of nitrogens with one attached hydrogen (secondary N) is 1. The van der Waals surface area contributed by atoms with Crippen molar-refractivity contribution in [1.29, 1.82) is 0 Å². The molecule has 1 atom stereocenters. The maximum Gasteiger partial charge on any atom is 0.121 e. The summed E-state index contributed by atoms with van der Waals surface area (Å²) in [7, 11) is 0. The van der Waals surface area contributed by atoms with E-state index in [1.165, 1.54) is 54.6 Å². The zero-order chi connectivity index (χ0) is 17.5. The molecular weight excluding hydrogens is 320 g/mol. The lowest BCUT2D eigenvalue weighted by Gasteiger charge is -2.45. The summed E-state index contributed by atoms with van der Waals surface area (Å²) >= 11 is 0. The summed E-state index contributed by atoms with van der Waals surface area (Å²) in [5.41, 5.74) is 5.28. The zero-order valence-corrected chi connectivity index (χ0v) is 15.4. The van der Waals surface area contributed by atoms with Crippen LogP contribution in [0.4, 0.5) is 0 Å². The maximum atomic E-state index is 6.02. The maximum absolute atomic E-state index is 6.02. The minimum Gasteiger partial charge on any atom is -0.489 e. The third kappa shape index (κ3) is 2.80. The van der Waals surface area contributed by atoms with Crippen LogP contribution in [0.15, 0.2) is 48.5 Å². The van der Waals surface area contributed by atoms with Gasteiger partial charge in [-0.3, -0.25) is 0 Å². The van der Waals surface area contributed by atoms with Crippen molar-refractivity contribution >= 4 is 10.9 Å². The van der Waals surface area contributed by atoms with Crippen LogP contribution in [-0.2, 0) is 6.61 Å². The van der Waals surface area contributed by atoms with Crippen molar-refractivity contribution < 1.29 is 4.74 Å². The second kappa shape index (κ2) is 6.48. The summed E-state index contributed by atoms with van der Waals surface area (Å²) < 4.78 is 6.02. The second-order valence-electron chi connectivity index (χ2n) is 7.89. The Morgan fingerprint density at radius 1 is 1.08 bits per heavy atom. The molecule has 1 aromatic heterocycles. The Labute approximate surface area is 155 Å². The van der Waals surface area contributed by atoms with Gasteiger partial charge in [-0.1, -0.05) is 30.3 Å². The molecule has 2 bridgehead atoms. The Kier molecular flexibility index (Phi) is 3.97. The molecule has 3 fully saturated rings. The monoisotopic (exact) mass is 346 g/mol. The minimum absolute atomic E-state index is 0.610. The van der Waals surface area contributed by atoms with Crippen molar-refractivity contribution in [3.8, 4) is 5.75 Å². The topological polar surface area (TPSA) is 28.3 Å². The Hall–Kier alpha value is -2.26. The van der Waals surface area contributed by atoms with Gasteiger partial charge in [-0.15, -0.1) is 0 Å². The van der Waals surface area contributed by atoms with Crippen LogP contribution in [0.3, 0.4) is 0 Å². The molecule has 0 saturated carbocycles. The van der Waals surface area contributed by atoms with Gasteiger partial charge in [0.25, 0.3) is 0 Å². The molecule has 3 aliphatic rings. The largest absolute Gasteiger partial charge is 0.489 e. The number of hydrogen-bond donors (Lipinski definition) is 1. The fraction of sp³-hybridized carbons (Fsp3) is 0.391. The first-order valence-corrected chi connectivity index (χ1v) is 9.79. The van der Waals surface area contributed by atoms with Crippen LogP contribution in [0.5, 0.6) is 5.75 Å². The molecule has 0 spiro atoms. The molecule has 1 unspecified atom stereocenters. The highest BCUT2D eigenvalue weighted by Gasteiger charge is 2.36. The summed E-state index contributed by atoms with van der Waals surface area (Å²) in [5, 5.41) is 1.38. The first-order chi connectivity index (χ1) is 12.8. The average Bonchev–Trinajstić information content (AvgIpc) is 3.03. The number of benzene rings is 2. The lowest BCUT2D eigenvalue weighted by molar-refractivity contribution is 0.0874. The predicted octanol–water partition coefficient (Wildman–Crippen LogP) is 4.86. The summed E-state index contributed by atoms with van der Waals surface area (Å²) in [5.74, 6) is 2.47. The van der Waals surface area contributed by atoms with Crippen LogP contribution in [0.25, 0.3) is 10.9 Å². The number of H-pyrrole nitrogens is 1. The van der Waals surface area contributed by atoms with E-state index in [1.807, 2.05) is 6.07 Å². The number of rotatable bonds is 4. The van der Waals surface area contributed by atoms with Crippen LogP contribution in [-0.4, -0.2) is 29.5 Å². The molecule has 3 nitrogen and oxygen atoms in total. The number of ether oxygens (including phenoxy) is 1. The number of nitrogens with zero attached hydrogens (tertiary/aromatic N) is 1. The van der Waals surface area contributed by atoms with Crippen LogP contribution in [0.1, 0.15) is 35.6 Å². The molecule has 3 aromatic rings. The van der Waals surface area contributed by atoms with E-state index in [9.17, 15) is 0 Å². The van der Waals surface area contributed by atoms with Crippen molar-refractivity contribution in [2.45, 2.75) is 32.3 Å². The first kappa shape index (κ1) is 16.0. The molecule has 4 heterocycles. The fourth-order valence-electron chi connectivity index (χ4n) is 4.93. The number of aromatic amines is 1. The van der Waals surface area contributed by atoms with Gasteiger partial charge in [0.15, 0.2) is 0 Å². The van der Waals surface area contributed by atoms with Gasteiger partial charge in [0.05, 0.1) is 0 Å². The molecule has 3 heteroatoms. The van der Waals surface area contributed by atoms with Gasteiger partial charge in [0.2, 0.25) is 0 Å². The Balaban J connectivity index is 1.42. The molecule has 6 rings (SSSR count). The summed E-state index contributed by atoms with van der Waals surface area (Å²) in [4.78, 5) is 6.26. The van der Waals surface area contributed by atoms with Crippen molar-refractivity contribution in [2.24, 2.45) is 5.92 Å². The van der Waals surface area contributed by atoms with Crippen LogP contribution in [0.2, 0.25) is 0 Å². The van der Waals surface area contributed by atoms with E-state index >= 15 is 0 Å². The molecule has 134 valence electrons. The summed E-state index contributed by atoms with van der Waals surface area (Å²) in [6, 6.07) is 16.9. The molecule has 3 aliphatic heterocycles. The number of piperidine rings is 3. The Morgan fingerprint density at radius 3 is 2.62 bits per heavy atom. The van der Waals surface area contributed by atoms with E-state index in [0.29, 0.717) is 12.5 Å². The highest BCUT2D eigenvalue weighted by molar-refractivity contribution is 5.86. The van der Waals surface area contributed by atoms with E-state index in [-0.39, 0.29) is 0 Å². The Morgan fingerprint density at radius 2 is 1.88 bits per heavy atom. The highest BCUT2D eigenvalue weighted by atomic mass is 16.5. The average molecular weight is 346 g/mol. The normalized spacial score (nSPS) is 24.9. The summed E-state index contributed by atoms with van der Waals surface area (Å²) in [6.45, 7) is 6.65. The van der Waals surface area contributed by atoms with Gasteiger partial charge in [-0.05, 0) is 62.0 Å². The van der Waals surface area contributed by atoms with Gasteiger partial charge in [0, 0.05) is 35.1 Å². The van der Waals surface area contributed by atoms with Gasteiger partial charge < -0.3 is 14.6 Å². The van der Waals surface area contributed by atoms with Gasteiger partial charge in [0.1, 0.15) is 12.4 Å². The van der Waals surface area contributed by atoms with Gasteiger partial charge in [-0.25, -0.2) is 0 Å². The Bertz CT molecular complexity index is 907. The molecule has 0 amide bonds. The standard InChI is InChI=1S/C23H26N2O/c1-16-23(21-14-25-11-9-18(21)10-12-25)20-8-7-19(13-22(20)24-16)26-15-17-5-3-2-4-6-17/h2-8,13,18,21,24H,9-12,14-15H2,1H3. The predicted molar refractivity (Wildman–Crippen MR) is 106 cm³/mol. The van der Waals surface area contributed by atoms with Crippen molar-refractivity contribution in [1.82, 2.24) is 9.88 Å². The minimum atomic E-state index is 0.610.